The molecule has 2 heterocycles. The lowest BCUT2D eigenvalue weighted by molar-refractivity contribution is 0.0716. The number of hydrogen-bond donors (Lipinski definition) is 2. The zero-order chi connectivity index (χ0) is 18.1. The molecule has 144 valence electrons. The largest absolute Gasteiger partial charge is 0.393 e. The number of aliphatic hydroxyl groups is 1. The van der Waals surface area contributed by atoms with E-state index < -0.39 is 0 Å². The molecule has 1 amide bonds. The Morgan fingerprint density at radius 2 is 2.08 bits per heavy atom. The van der Waals surface area contributed by atoms with Crippen molar-refractivity contribution in [2.75, 3.05) is 13.6 Å². The van der Waals surface area contributed by atoms with Gasteiger partial charge in [0.25, 0.3) is 5.91 Å². The fraction of sp³-hybridized carbons (Fsp3) is 0.842. The summed E-state index contributed by atoms with van der Waals surface area (Å²) in [7, 11) is 1.88. The van der Waals surface area contributed by atoms with Crippen molar-refractivity contribution in [3.8, 4) is 0 Å². The molecular formula is C19H31N5O2. The molecule has 5 atom stereocenters. The second-order valence-electron chi connectivity index (χ2n) is 8.49. The average molecular weight is 361 g/mol. The molecule has 1 aliphatic heterocycles. The molecule has 0 bridgehead atoms. The highest BCUT2D eigenvalue weighted by atomic mass is 16.3. The maximum Gasteiger partial charge on any atom is 0.276 e. The van der Waals surface area contributed by atoms with E-state index in [1.807, 2.05) is 11.9 Å². The molecule has 3 unspecified atom stereocenters. The van der Waals surface area contributed by atoms with E-state index in [2.05, 4.69) is 15.6 Å². The molecule has 1 aromatic heterocycles. The maximum atomic E-state index is 12.8. The van der Waals surface area contributed by atoms with E-state index >= 15 is 0 Å². The minimum atomic E-state index is -0.134. The highest BCUT2D eigenvalue weighted by Gasteiger charge is 2.43. The van der Waals surface area contributed by atoms with Gasteiger partial charge in [-0.3, -0.25) is 9.48 Å². The third kappa shape index (κ3) is 3.78. The van der Waals surface area contributed by atoms with Crippen LogP contribution in [-0.2, 0) is 6.54 Å². The van der Waals surface area contributed by atoms with Crippen LogP contribution in [0, 0.1) is 11.8 Å². The molecule has 4 rings (SSSR count). The number of hydrogen-bond acceptors (Lipinski definition) is 5. The molecule has 0 aromatic carbocycles. The van der Waals surface area contributed by atoms with Crippen LogP contribution in [0.5, 0.6) is 0 Å². The van der Waals surface area contributed by atoms with Crippen molar-refractivity contribution in [1.82, 2.24) is 25.2 Å². The van der Waals surface area contributed by atoms with E-state index in [1.54, 1.807) is 10.9 Å². The van der Waals surface area contributed by atoms with Gasteiger partial charge in [-0.05, 0) is 63.3 Å². The fourth-order valence-corrected chi connectivity index (χ4v) is 5.18. The van der Waals surface area contributed by atoms with Crippen molar-refractivity contribution in [1.29, 1.82) is 0 Å². The summed E-state index contributed by atoms with van der Waals surface area (Å²) in [6.07, 6.45) is 10.3. The lowest BCUT2D eigenvalue weighted by atomic mass is 10.0. The van der Waals surface area contributed by atoms with E-state index in [-0.39, 0.29) is 18.1 Å². The van der Waals surface area contributed by atoms with Crippen LogP contribution in [0.1, 0.15) is 61.9 Å². The number of rotatable bonds is 5. The summed E-state index contributed by atoms with van der Waals surface area (Å²) in [6, 6.07) is 0.824. The van der Waals surface area contributed by atoms with Crippen LogP contribution in [-0.4, -0.2) is 62.7 Å². The van der Waals surface area contributed by atoms with E-state index in [0.717, 1.165) is 45.2 Å². The van der Waals surface area contributed by atoms with Crippen LogP contribution >= 0.6 is 0 Å². The number of amides is 1. The second kappa shape index (κ2) is 7.64. The summed E-state index contributed by atoms with van der Waals surface area (Å²) in [5.74, 6) is 1.12. The first-order valence-electron chi connectivity index (χ1n) is 10.2. The Kier molecular flexibility index (Phi) is 5.27. The maximum absolute atomic E-state index is 12.8. The van der Waals surface area contributed by atoms with Gasteiger partial charge in [0.1, 0.15) is 0 Å². The highest BCUT2D eigenvalue weighted by Crippen LogP contribution is 2.45. The monoisotopic (exact) mass is 361 g/mol. The zero-order valence-corrected chi connectivity index (χ0v) is 15.7. The van der Waals surface area contributed by atoms with Crippen molar-refractivity contribution in [2.24, 2.45) is 11.8 Å². The van der Waals surface area contributed by atoms with E-state index in [9.17, 15) is 9.90 Å². The number of fused-ring (bicyclic) bond motifs is 1. The average Bonchev–Trinajstić information content (AvgIpc) is 3.34. The lowest BCUT2D eigenvalue weighted by Crippen LogP contribution is -2.36. The van der Waals surface area contributed by atoms with Gasteiger partial charge in [0.15, 0.2) is 5.69 Å². The Balaban J connectivity index is 1.30. The number of nitrogens with one attached hydrogen (secondary N) is 1. The molecule has 26 heavy (non-hydrogen) atoms. The van der Waals surface area contributed by atoms with Gasteiger partial charge in [-0.25, -0.2) is 0 Å². The summed E-state index contributed by atoms with van der Waals surface area (Å²) in [6.45, 7) is 1.91. The standard InChI is InChI=1S/C19H31N5O2/c1-23(16-8-13-10-17(25)11-14(13)9-16)19(26)18-12-24(22-21-18)7-5-15-4-2-3-6-20-15/h12-17,20,25H,2-11H2,1H3/t13-,14+,15?,16?,17?. The van der Waals surface area contributed by atoms with Crippen molar-refractivity contribution in [3.05, 3.63) is 11.9 Å². The molecule has 7 nitrogen and oxygen atoms in total. The molecule has 7 heteroatoms. The van der Waals surface area contributed by atoms with Gasteiger partial charge < -0.3 is 15.3 Å². The lowest BCUT2D eigenvalue weighted by Gasteiger charge is -2.24. The second-order valence-corrected chi connectivity index (χ2v) is 8.49. The Bertz CT molecular complexity index is 613. The van der Waals surface area contributed by atoms with Crippen LogP contribution in [0.15, 0.2) is 6.20 Å². The first kappa shape index (κ1) is 17.9. The van der Waals surface area contributed by atoms with Crippen LogP contribution in [0.3, 0.4) is 0 Å². The molecule has 1 aromatic rings. The van der Waals surface area contributed by atoms with E-state index in [0.29, 0.717) is 23.6 Å². The molecule has 0 spiro atoms. The first-order chi connectivity index (χ1) is 12.6. The number of nitrogens with zero attached hydrogens (tertiary/aromatic N) is 4. The summed E-state index contributed by atoms with van der Waals surface area (Å²) < 4.78 is 1.80. The number of aliphatic hydroxyl groups excluding tert-OH is 1. The normalized spacial score (nSPS) is 34.0. The molecule has 3 fully saturated rings. The molecule has 0 radical (unpaired) electrons. The summed E-state index contributed by atoms with van der Waals surface area (Å²) in [5, 5.41) is 21.6. The van der Waals surface area contributed by atoms with Crippen LogP contribution in [0.2, 0.25) is 0 Å². The Morgan fingerprint density at radius 1 is 1.31 bits per heavy atom. The third-order valence-corrected chi connectivity index (χ3v) is 6.71. The zero-order valence-electron chi connectivity index (χ0n) is 15.7. The van der Waals surface area contributed by atoms with Gasteiger partial charge in [-0.1, -0.05) is 11.6 Å². The quantitative estimate of drug-likeness (QED) is 0.829. The molecule has 3 aliphatic rings. The minimum Gasteiger partial charge on any atom is -0.393 e. The number of aromatic nitrogens is 3. The summed E-state index contributed by atoms with van der Waals surface area (Å²) >= 11 is 0. The Labute approximate surface area is 155 Å². The minimum absolute atomic E-state index is 0.0300. The van der Waals surface area contributed by atoms with Gasteiger partial charge in [-0.15, -0.1) is 5.10 Å². The van der Waals surface area contributed by atoms with Gasteiger partial charge in [-0.2, -0.15) is 0 Å². The Hall–Kier alpha value is -1.47. The number of carbonyl (C=O) groups is 1. The molecule has 2 N–H and O–H groups in total. The topological polar surface area (TPSA) is 83.3 Å². The van der Waals surface area contributed by atoms with Gasteiger partial charge in [0.2, 0.25) is 0 Å². The Morgan fingerprint density at radius 3 is 2.77 bits per heavy atom. The number of carbonyl (C=O) groups excluding carboxylic acids is 1. The number of piperidine rings is 1. The van der Waals surface area contributed by atoms with Crippen LogP contribution < -0.4 is 5.32 Å². The molecule has 1 saturated heterocycles. The fourth-order valence-electron chi connectivity index (χ4n) is 5.18. The van der Waals surface area contributed by atoms with Gasteiger partial charge in [0.05, 0.1) is 12.3 Å². The van der Waals surface area contributed by atoms with Gasteiger partial charge >= 0.3 is 0 Å². The highest BCUT2D eigenvalue weighted by molar-refractivity contribution is 5.92. The van der Waals surface area contributed by atoms with Crippen molar-refractivity contribution < 1.29 is 9.90 Å². The van der Waals surface area contributed by atoms with Gasteiger partial charge in [0, 0.05) is 25.7 Å². The van der Waals surface area contributed by atoms with Crippen molar-refractivity contribution >= 4 is 5.91 Å². The number of aryl methyl sites for hydroxylation is 1. The first-order valence-corrected chi connectivity index (χ1v) is 10.2. The molecular weight excluding hydrogens is 330 g/mol. The predicted octanol–water partition coefficient (Wildman–Crippen LogP) is 1.43. The molecule has 2 saturated carbocycles. The predicted molar refractivity (Wildman–Crippen MR) is 97.6 cm³/mol. The van der Waals surface area contributed by atoms with Crippen LogP contribution in [0.25, 0.3) is 0 Å². The van der Waals surface area contributed by atoms with Crippen LogP contribution in [0.4, 0.5) is 0 Å². The SMILES string of the molecule is CN(C(=O)c1cn(CCC2CCCCN2)nn1)C1C[C@H]2CC(O)C[C@H]2C1. The van der Waals surface area contributed by atoms with Crippen molar-refractivity contribution in [2.45, 2.75) is 76.1 Å². The smallest absolute Gasteiger partial charge is 0.276 e. The summed E-state index contributed by atoms with van der Waals surface area (Å²) in [4.78, 5) is 14.6. The van der Waals surface area contributed by atoms with E-state index in [1.165, 1.54) is 19.3 Å². The molecule has 2 aliphatic carbocycles. The third-order valence-electron chi connectivity index (χ3n) is 6.71. The summed E-state index contributed by atoms with van der Waals surface area (Å²) in [5.41, 5.74) is 0.446. The van der Waals surface area contributed by atoms with Crippen molar-refractivity contribution in [3.63, 3.8) is 0 Å². The van der Waals surface area contributed by atoms with E-state index in [4.69, 9.17) is 0 Å².